The molecule has 0 bridgehead atoms. The summed E-state index contributed by atoms with van der Waals surface area (Å²) in [7, 11) is 0. The Bertz CT molecular complexity index is 145. The molecule has 5 nitrogen and oxygen atoms in total. The van der Waals surface area contributed by atoms with E-state index in [1.807, 2.05) is 0 Å². The second-order valence-corrected chi connectivity index (χ2v) is 1.84. The zero-order valence-corrected chi connectivity index (χ0v) is 5.20. The summed E-state index contributed by atoms with van der Waals surface area (Å²) >= 11 is 0. The normalized spacial score (nSPS) is 12.5. The van der Waals surface area contributed by atoms with Gasteiger partial charge in [-0.05, 0) is 12.8 Å². The Kier molecular flexibility index (Phi) is 3.42. The smallest absolute Gasteiger partial charge is 0.0582 e. The molecular formula is C5H7NO4-2. The zero-order valence-electron chi connectivity index (χ0n) is 5.20. The molecule has 2 N–H and O–H groups in total. The van der Waals surface area contributed by atoms with E-state index in [1.165, 1.54) is 0 Å². The van der Waals surface area contributed by atoms with E-state index in [4.69, 9.17) is 5.73 Å². The van der Waals surface area contributed by atoms with E-state index in [1.54, 1.807) is 0 Å². The molecule has 0 aromatic heterocycles. The minimum Gasteiger partial charge on any atom is -0.550 e. The van der Waals surface area contributed by atoms with Gasteiger partial charge < -0.3 is 25.5 Å². The van der Waals surface area contributed by atoms with Gasteiger partial charge >= 0.3 is 0 Å². The Morgan fingerprint density at radius 2 is 1.90 bits per heavy atom. The Morgan fingerprint density at radius 3 is 2.20 bits per heavy atom. The van der Waals surface area contributed by atoms with Crippen LogP contribution in [0.4, 0.5) is 0 Å². The van der Waals surface area contributed by atoms with Gasteiger partial charge in [0, 0.05) is 12.0 Å². The van der Waals surface area contributed by atoms with Crippen molar-refractivity contribution in [1.29, 1.82) is 0 Å². The molecule has 0 fully saturated rings. The van der Waals surface area contributed by atoms with Crippen LogP contribution in [0.2, 0.25) is 0 Å². The number of carboxylic acid groups (broad SMARTS) is 2. The molecule has 0 aliphatic carbocycles. The van der Waals surface area contributed by atoms with Crippen LogP contribution < -0.4 is 15.9 Å². The minimum atomic E-state index is -1.44. The lowest BCUT2D eigenvalue weighted by Crippen LogP contribution is -2.42. The Labute approximate surface area is 57.5 Å². The third-order valence-electron chi connectivity index (χ3n) is 0.962. The van der Waals surface area contributed by atoms with Crippen molar-refractivity contribution in [2.24, 2.45) is 5.73 Å². The lowest BCUT2D eigenvalue weighted by atomic mass is 10.2. The summed E-state index contributed by atoms with van der Waals surface area (Å²) in [6, 6.07) is -1.21. The molecule has 0 aliphatic heterocycles. The number of carbonyl (C=O) groups excluding carboxylic acids is 2. The van der Waals surface area contributed by atoms with Gasteiger partial charge in [-0.15, -0.1) is 0 Å². The molecule has 5 heteroatoms. The van der Waals surface area contributed by atoms with Gasteiger partial charge in [-0.25, -0.2) is 0 Å². The molecule has 0 amide bonds. The van der Waals surface area contributed by atoms with Crippen LogP contribution in [0.1, 0.15) is 12.8 Å². The van der Waals surface area contributed by atoms with Gasteiger partial charge in [0.1, 0.15) is 0 Å². The highest BCUT2D eigenvalue weighted by atomic mass is 16.4. The quantitative estimate of drug-likeness (QED) is 0.443. The van der Waals surface area contributed by atoms with Gasteiger partial charge in [0.15, 0.2) is 0 Å². The van der Waals surface area contributed by atoms with E-state index < -0.39 is 18.0 Å². The summed E-state index contributed by atoms with van der Waals surface area (Å²) in [4.78, 5) is 19.6. The maximum Gasteiger partial charge on any atom is 0.0582 e. The molecule has 0 rings (SSSR count). The van der Waals surface area contributed by atoms with Gasteiger partial charge in [-0.2, -0.15) is 0 Å². The first kappa shape index (κ1) is 8.90. The number of aliphatic carboxylic acids is 2. The lowest BCUT2D eigenvalue weighted by Gasteiger charge is -2.11. The zero-order chi connectivity index (χ0) is 8.15. The number of carboxylic acids is 2. The van der Waals surface area contributed by atoms with Crippen LogP contribution in [0, 0.1) is 0 Å². The Balaban J connectivity index is 3.49. The SMILES string of the molecule is N[C@H](CCC(=O)[O-])C(=O)[O-]. The minimum absolute atomic E-state index is 0.148. The van der Waals surface area contributed by atoms with Gasteiger partial charge in [-0.3, -0.25) is 0 Å². The molecule has 1 atom stereocenters. The van der Waals surface area contributed by atoms with Crippen LogP contribution in [-0.4, -0.2) is 18.0 Å². The highest BCUT2D eigenvalue weighted by molar-refractivity contribution is 5.72. The average molecular weight is 145 g/mol. The monoisotopic (exact) mass is 145 g/mol. The summed E-state index contributed by atoms with van der Waals surface area (Å²) in [5.74, 6) is -2.75. The number of carbonyl (C=O) groups is 2. The highest BCUT2D eigenvalue weighted by Crippen LogP contribution is 1.90. The van der Waals surface area contributed by atoms with Crippen molar-refractivity contribution in [1.82, 2.24) is 0 Å². The second-order valence-electron chi connectivity index (χ2n) is 1.84. The van der Waals surface area contributed by atoms with Crippen molar-refractivity contribution >= 4 is 11.9 Å². The summed E-state index contributed by atoms with van der Waals surface area (Å²) in [6.45, 7) is 0. The number of hydrogen-bond acceptors (Lipinski definition) is 5. The third kappa shape index (κ3) is 3.85. The first-order chi connectivity index (χ1) is 4.54. The molecule has 0 heterocycles. The second kappa shape index (κ2) is 3.84. The summed E-state index contributed by atoms with van der Waals surface area (Å²) in [5.41, 5.74) is 4.91. The van der Waals surface area contributed by atoms with Crippen LogP contribution in [0.5, 0.6) is 0 Å². The van der Waals surface area contributed by atoms with Crippen molar-refractivity contribution in [2.45, 2.75) is 18.9 Å². The molecule has 10 heavy (non-hydrogen) atoms. The predicted octanol–water partition coefficient (Wildman–Crippen LogP) is -3.41. The maximum absolute atomic E-state index is 9.86. The lowest BCUT2D eigenvalue weighted by molar-refractivity contribution is -0.309. The fourth-order valence-corrected chi connectivity index (χ4v) is 0.391. The molecular weight excluding hydrogens is 138 g/mol. The van der Waals surface area contributed by atoms with Crippen LogP contribution in [0.15, 0.2) is 0 Å². The van der Waals surface area contributed by atoms with Gasteiger partial charge in [0.25, 0.3) is 0 Å². The van der Waals surface area contributed by atoms with E-state index in [9.17, 15) is 19.8 Å². The maximum atomic E-state index is 9.86. The van der Waals surface area contributed by atoms with Gasteiger partial charge in [-0.1, -0.05) is 0 Å². The molecule has 0 aromatic rings. The summed E-state index contributed by atoms with van der Waals surface area (Å²) in [5, 5.41) is 19.6. The molecule has 0 aromatic carbocycles. The highest BCUT2D eigenvalue weighted by Gasteiger charge is 2.01. The first-order valence-electron chi connectivity index (χ1n) is 2.70. The molecule has 0 spiro atoms. The number of rotatable bonds is 4. The summed E-state index contributed by atoms with van der Waals surface area (Å²) < 4.78 is 0. The third-order valence-corrected chi connectivity index (χ3v) is 0.962. The van der Waals surface area contributed by atoms with E-state index in [-0.39, 0.29) is 12.8 Å². The fraction of sp³-hybridized carbons (Fsp3) is 0.600. The Hall–Kier alpha value is -1.10. The largest absolute Gasteiger partial charge is 0.550 e. The summed E-state index contributed by atoms with van der Waals surface area (Å²) in [6.07, 6.45) is -0.500. The van der Waals surface area contributed by atoms with Crippen molar-refractivity contribution in [3.05, 3.63) is 0 Å². The Morgan fingerprint density at radius 1 is 1.40 bits per heavy atom. The fourth-order valence-electron chi connectivity index (χ4n) is 0.391. The van der Waals surface area contributed by atoms with Crippen molar-refractivity contribution < 1.29 is 19.8 Å². The topological polar surface area (TPSA) is 106 Å². The molecule has 0 saturated heterocycles. The molecule has 0 saturated carbocycles. The van der Waals surface area contributed by atoms with Crippen molar-refractivity contribution in [3.63, 3.8) is 0 Å². The standard InChI is InChI=1S/C5H9NO4/c6-3(5(9)10)1-2-4(7)8/h3H,1-2,6H2,(H,7,8)(H,9,10)/p-2/t3-/m1/s1. The molecule has 58 valence electrons. The first-order valence-corrected chi connectivity index (χ1v) is 2.70. The van der Waals surface area contributed by atoms with Crippen molar-refractivity contribution in [2.75, 3.05) is 0 Å². The van der Waals surface area contributed by atoms with E-state index in [0.29, 0.717) is 0 Å². The molecule has 0 aliphatic rings. The predicted molar refractivity (Wildman–Crippen MR) is 27.2 cm³/mol. The van der Waals surface area contributed by atoms with Crippen LogP contribution in [-0.2, 0) is 9.59 Å². The molecule has 0 radical (unpaired) electrons. The van der Waals surface area contributed by atoms with Crippen LogP contribution in [0.3, 0.4) is 0 Å². The van der Waals surface area contributed by atoms with E-state index in [2.05, 4.69) is 0 Å². The number of nitrogens with two attached hydrogens (primary N) is 1. The number of hydrogen-bond donors (Lipinski definition) is 1. The van der Waals surface area contributed by atoms with Crippen LogP contribution in [0.25, 0.3) is 0 Å². The van der Waals surface area contributed by atoms with Gasteiger partial charge in [0.2, 0.25) is 0 Å². The average Bonchev–Trinajstić information content (AvgIpc) is 1.82. The van der Waals surface area contributed by atoms with Gasteiger partial charge in [0.05, 0.1) is 5.97 Å². The van der Waals surface area contributed by atoms with Crippen molar-refractivity contribution in [3.8, 4) is 0 Å². The van der Waals surface area contributed by atoms with E-state index >= 15 is 0 Å². The van der Waals surface area contributed by atoms with Crippen LogP contribution >= 0.6 is 0 Å². The van der Waals surface area contributed by atoms with E-state index in [0.717, 1.165) is 0 Å². The molecule has 0 unspecified atom stereocenters.